The van der Waals surface area contributed by atoms with Crippen LogP contribution in [0, 0.1) is 6.92 Å². The lowest BCUT2D eigenvalue weighted by Crippen LogP contribution is -2.14. The first kappa shape index (κ1) is 17.6. The Balaban J connectivity index is 1.65. The van der Waals surface area contributed by atoms with Crippen molar-refractivity contribution >= 4 is 23.2 Å². The Morgan fingerprint density at radius 1 is 1.00 bits per heavy atom. The SMILES string of the molecule is Cc1cc(NC(=O)c2ccc(Nc3ccc(C(C)(C)C)cc3)nn2)no1. The van der Waals surface area contributed by atoms with Crippen LogP contribution in [0.25, 0.3) is 0 Å². The lowest BCUT2D eigenvalue weighted by atomic mass is 9.87. The van der Waals surface area contributed by atoms with Crippen molar-refractivity contribution in [3.05, 3.63) is 59.5 Å². The Morgan fingerprint density at radius 2 is 1.73 bits per heavy atom. The van der Waals surface area contributed by atoms with Gasteiger partial charge in [0.05, 0.1) is 0 Å². The summed E-state index contributed by atoms with van der Waals surface area (Å²) in [5.74, 6) is 1.12. The molecule has 0 bridgehead atoms. The van der Waals surface area contributed by atoms with Crippen LogP contribution in [0.3, 0.4) is 0 Å². The molecule has 0 saturated heterocycles. The van der Waals surface area contributed by atoms with Crippen LogP contribution in [0.1, 0.15) is 42.6 Å². The monoisotopic (exact) mass is 351 g/mol. The maximum Gasteiger partial charge on any atom is 0.277 e. The third-order valence-electron chi connectivity index (χ3n) is 3.79. The molecule has 134 valence electrons. The van der Waals surface area contributed by atoms with Gasteiger partial charge in [-0.05, 0) is 42.2 Å². The van der Waals surface area contributed by atoms with Gasteiger partial charge in [-0.2, -0.15) is 0 Å². The van der Waals surface area contributed by atoms with E-state index in [1.807, 2.05) is 12.1 Å². The summed E-state index contributed by atoms with van der Waals surface area (Å²) in [6, 6.07) is 13.1. The summed E-state index contributed by atoms with van der Waals surface area (Å²) < 4.78 is 4.91. The van der Waals surface area contributed by atoms with E-state index in [0.29, 0.717) is 17.4 Å². The summed E-state index contributed by atoms with van der Waals surface area (Å²) in [7, 11) is 0. The number of nitrogens with zero attached hydrogens (tertiary/aromatic N) is 3. The summed E-state index contributed by atoms with van der Waals surface area (Å²) in [5.41, 5.74) is 2.46. The second-order valence-corrected chi connectivity index (χ2v) is 7.03. The molecule has 0 unspecified atom stereocenters. The predicted molar refractivity (Wildman–Crippen MR) is 99.6 cm³/mol. The second-order valence-electron chi connectivity index (χ2n) is 7.03. The summed E-state index contributed by atoms with van der Waals surface area (Å²) in [5, 5.41) is 17.5. The fourth-order valence-corrected chi connectivity index (χ4v) is 2.33. The molecule has 0 spiro atoms. The van der Waals surface area contributed by atoms with E-state index in [4.69, 9.17) is 4.52 Å². The molecule has 3 rings (SSSR count). The summed E-state index contributed by atoms with van der Waals surface area (Å²) >= 11 is 0. The summed E-state index contributed by atoms with van der Waals surface area (Å²) in [4.78, 5) is 12.1. The van der Waals surface area contributed by atoms with Crippen molar-refractivity contribution < 1.29 is 9.32 Å². The molecule has 0 saturated carbocycles. The minimum Gasteiger partial charge on any atom is -0.360 e. The number of carbonyl (C=O) groups excluding carboxylic acids is 1. The van der Waals surface area contributed by atoms with E-state index in [1.165, 1.54) is 5.56 Å². The molecule has 3 aromatic rings. The minimum absolute atomic E-state index is 0.107. The van der Waals surface area contributed by atoms with Crippen molar-refractivity contribution in [3.63, 3.8) is 0 Å². The molecule has 2 heterocycles. The molecule has 0 fully saturated rings. The summed E-state index contributed by atoms with van der Waals surface area (Å²) in [6.07, 6.45) is 0. The lowest BCUT2D eigenvalue weighted by Gasteiger charge is -2.19. The molecule has 1 aromatic carbocycles. The average molecular weight is 351 g/mol. The zero-order chi connectivity index (χ0) is 18.7. The van der Waals surface area contributed by atoms with Gasteiger partial charge >= 0.3 is 0 Å². The number of amides is 1. The highest BCUT2D eigenvalue weighted by atomic mass is 16.5. The number of benzene rings is 1. The van der Waals surface area contributed by atoms with E-state index in [0.717, 1.165) is 5.69 Å². The minimum atomic E-state index is -0.396. The van der Waals surface area contributed by atoms with Crippen molar-refractivity contribution in [1.29, 1.82) is 0 Å². The molecule has 0 radical (unpaired) electrons. The Hall–Kier alpha value is -3.22. The number of carbonyl (C=O) groups is 1. The quantitative estimate of drug-likeness (QED) is 0.736. The highest BCUT2D eigenvalue weighted by Crippen LogP contribution is 2.24. The first-order valence-corrected chi connectivity index (χ1v) is 8.27. The molecule has 0 aliphatic heterocycles. The standard InChI is InChI=1S/C19H21N5O2/c1-12-11-17(24-26-12)21-18(25)15-9-10-16(23-22-15)20-14-7-5-13(6-8-14)19(2,3)4/h5-11H,1-4H3,(H,20,23)(H,21,24,25). The van der Waals surface area contributed by atoms with Crippen molar-refractivity contribution in [1.82, 2.24) is 15.4 Å². The Kier molecular flexibility index (Phi) is 4.71. The van der Waals surface area contributed by atoms with E-state index < -0.39 is 5.91 Å². The summed E-state index contributed by atoms with van der Waals surface area (Å²) in [6.45, 7) is 8.26. The third kappa shape index (κ3) is 4.24. The van der Waals surface area contributed by atoms with Crippen LogP contribution in [0.4, 0.5) is 17.3 Å². The molecule has 0 aliphatic carbocycles. The number of anilines is 3. The van der Waals surface area contributed by atoms with E-state index in [1.54, 1.807) is 25.1 Å². The zero-order valence-corrected chi connectivity index (χ0v) is 15.2. The van der Waals surface area contributed by atoms with Gasteiger partial charge < -0.3 is 15.2 Å². The van der Waals surface area contributed by atoms with Crippen molar-refractivity contribution in [2.45, 2.75) is 33.1 Å². The van der Waals surface area contributed by atoms with E-state index in [-0.39, 0.29) is 11.1 Å². The van der Waals surface area contributed by atoms with Crippen LogP contribution in [0.2, 0.25) is 0 Å². The smallest absolute Gasteiger partial charge is 0.277 e. The first-order valence-electron chi connectivity index (χ1n) is 8.27. The Bertz CT molecular complexity index is 893. The van der Waals surface area contributed by atoms with Gasteiger partial charge in [0.1, 0.15) is 5.76 Å². The fraction of sp³-hybridized carbons (Fsp3) is 0.263. The Labute approximate surface area is 151 Å². The highest BCUT2D eigenvalue weighted by Gasteiger charge is 2.13. The molecule has 7 heteroatoms. The number of aryl methyl sites for hydroxylation is 1. The van der Waals surface area contributed by atoms with Crippen LogP contribution in [-0.4, -0.2) is 21.3 Å². The molecular weight excluding hydrogens is 330 g/mol. The number of rotatable bonds is 4. The molecule has 26 heavy (non-hydrogen) atoms. The van der Waals surface area contributed by atoms with Gasteiger partial charge in [-0.15, -0.1) is 10.2 Å². The van der Waals surface area contributed by atoms with E-state index in [2.05, 4.69) is 58.9 Å². The number of hydrogen-bond acceptors (Lipinski definition) is 6. The molecule has 2 aromatic heterocycles. The number of hydrogen-bond donors (Lipinski definition) is 2. The van der Waals surface area contributed by atoms with Crippen LogP contribution >= 0.6 is 0 Å². The Morgan fingerprint density at radius 3 is 2.27 bits per heavy atom. The topological polar surface area (TPSA) is 92.9 Å². The van der Waals surface area contributed by atoms with E-state index in [9.17, 15) is 4.79 Å². The normalized spacial score (nSPS) is 11.2. The lowest BCUT2D eigenvalue weighted by molar-refractivity contribution is 0.102. The van der Waals surface area contributed by atoms with Crippen molar-refractivity contribution in [2.75, 3.05) is 10.6 Å². The molecule has 0 aliphatic rings. The first-order chi connectivity index (χ1) is 12.3. The zero-order valence-electron chi connectivity index (χ0n) is 15.2. The van der Waals surface area contributed by atoms with Gasteiger partial charge in [0.2, 0.25) is 0 Å². The second kappa shape index (κ2) is 6.95. The largest absolute Gasteiger partial charge is 0.360 e. The van der Waals surface area contributed by atoms with Gasteiger partial charge in [-0.3, -0.25) is 4.79 Å². The fourth-order valence-electron chi connectivity index (χ4n) is 2.33. The maximum atomic E-state index is 12.1. The molecule has 0 atom stereocenters. The van der Waals surface area contributed by atoms with Gasteiger partial charge in [-0.25, -0.2) is 0 Å². The molecule has 7 nitrogen and oxygen atoms in total. The van der Waals surface area contributed by atoms with Crippen LogP contribution < -0.4 is 10.6 Å². The maximum absolute atomic E-state index is 12.1. The van der Waals surface area contributed by atoms with Gasteiger partial charge in [0, 0.05) is 11.8 Å². The predicted octanol–water partition coefficient (Wildman–Crippen LogP) is 4.07. The van der Waals surface area contributed by atoms with Crippen LogP contribution in [-0.2, 0) is 5.41 Å². The number of nitrogens with one attached hydrogen (secondary N) is 2. The van der Waals surface area contributed by atoms with Crippen molar-refractivity contribution in [3.8, 4) is 0 Å². The van der Waals surface area contributed by atoms with E-state index >= 15 is 0 Å². The van der Waals surface area contributed by atoms with Crippen LogP contribution in [0.5, 0.6) is 0 Å². The average Bonchev–Trinajstić information content (AvgIpc) is 3.00. The van der Waals surface area contributed by atoms with Gasteiger partial charge in [0.25, 0.3) is 5.91 Å². The van der Waals surface area contributed by atoms with Gasteiger partial charge in [-0.1, -0.05) is 38.1 Å². The van der Waals surface area contributed by atoms with Crippen molar-refractivity contribution in [2.24, 2.45) is 0 Å². The third-order valence-corrected chi connectivity index (χ3v) is 3.79. The van der Waals surface area contributed by atoms with Crippen LogP contribution in [0.15, 0.2) is 47.0 Å². The highest BCUT2D eigenvalue weighted by molar-refractivity contribution is 6.02. The number of aromatic nitrogens is 3. The molecule has 1 amide bonds. The molecule has 2 N–H and O–H groups in total. The molecular formula is C19H21N5O2. The van der Waals surface area contributed by atoms with Gasteiger partial charge in [0.15, 0.2) is 17.3 Å².